The molecule has 4 heteroatoms. The van der Waals surface area contributed by atoms with Crippen molar-refractivity contribution in [1.29, 1.82) is 0 Å². The van der Waals surface area contributed by atoms with Crippen LogP contribution in [-0.4, -0.2) is 16.1 Å². The number of benzene rings is 1. The lowest BCUT2D eigenvalue weighted by molar-refractivity contribution is -0.137. The Balaban J connectivity index is 1.97. The Kier molecular flexibility index (Phi) is 3.52. The highest BCUT2D eigenvalue weighted by Crippen LogP contribution is 2.45. The number of thiazole rings is 1. The van der Waals surface area contributed by atoms with E-state index in [2.05, 4.69) is 32.9 Å². The third-order valence-corrected chi connectivity index (χ3v) is 5.51. The van der Waals surface area contributed by atoms with Gasteiger partial charge in [0.05, 0.1) is 21.6 Å². The maximum atomic E-state index is 11.1. The summed E-state index contributed by atoms with van der Waals surface area (Å²) in [6, 6.07) is 6.28. The maximum Gasteiger partial charge on any atom is 0.303 e. The Morgan fingerprint density at radius 3 is 2.71 bits per heavy atom. The van der Waals surface area contributed by atoms with Gasteiger partial charge in [-0.15, -0.1) is 11.3 Å². The van der Waals surface area contributed by atoms with E-state index in [9.17, 15) is 4.79 Å². The molecule has 112 valence electrons. The summed E-state index contributed by atoms with van der Waals surface area (Å²) in [4.78, 5) is 15.8. The summed E-state index contributed by atoms with van der Waals surface area (Å²) >= 11 is 1.73. The van der Waals surface area contributed by atoms with Crippen LogP contribution in [0.4, 0.5) is 0 Å². The molecule has 0 amide bonds. The first-order chi connectivity index (χ1) is 9.84. The van der Waals surface area contributed by atoms with E-state index >= 15 is 0 Å². The average molecular weight is 303 g/mol. The highest BCUT2D eigenvalue weighted by atomic mass is 32.1. The number of carboxylic acids is 1. The van der Waals surface area contributed by atoms with Gasteiger partial charge in [-0.3, -0.25) is 4.79 Å². The SMILES string of the molecule is CC(C)(C)c1nc2ccc(C(CC(=O)O)C3CC3)cc2s1. The second-order valence-electron chi connectivity index (χ2n) is 7.04. The molecule has 0 radical (unpaired) electrons. The minimum absolute atomic E-state index is 0.0564. The summed E-state index contributed by atoms with van der Waals surface area (Å²) in [5.41, 5.74) is 2.25. The summed E-state index contributed by atoms with van der Waals surface area (Å²) in [6.07, 6.45) is 2.55. The maximum absolute atomic E-state index is 11.1. The molecule has 1 unspecified atom stereocenters. The Morgan fingerprint density at radius 1 is 1.43 bits per heavy atom. The highest BCUT2D eigenvalue weighted by molar-refractivity contribution is 7.18. The molecule has 1 atom stereocenters. The quantitative estimate of drug-likeness (QED) is 0.900. The van der Waals surface area contributed by atoms with Crippen LogP contribution in [0, 0.1) is 5.92 Å². The molecule has 1 aliphatic carbocycles. The van der Waals surface area contributed by atoms with Gasteiger partial charge in [0.1, 0.15) is 0 Å². The molecule has 2 aromatic rings. The van der Waals surface area contributed by atoms with Gasteiger partial charge in [0.2, 0.25) is 0 Å². The van der Waals surface area contributed by atoms with Crippen molar-refractivity contribution in [2.75, 3.05) is 0 Å². The Hall–Kier alpha value is -1.42. The second-order valence-corrected chi connectivity index (χ2v) is 8.07. The molecule has 1 N–H and O–H groups in total. The molecule has 3 nitrogen and oxygen atoms in total. The van der Waals surface area contributed by atoms with Gasteiger partial charge in [0, 0.05) is 5.41 Å². The predicted octanol–water partition coefficient (Wildman–Crippen LogP) is 4.56. The lowest BCUT2D eigenvalue weighted by Gasteiger charge is -2.14. The number of aliphatic carboxylic acids is 1. The monoisotopic (exact) mass is 303 g/mol. The molecule has 21 heavy (non-hydrogen) atoms. The van der Waals surface area contributed by atoms with Gasteiger partial charge in [0.25, 0.3) is 0 Å². The molecule has 1 saturated carbocycles. The van der Waals surface area contributed by atoms with Crippen molar-refractivity contribution in [2.24, 2.45) is 5.92 Å². The minimum atomic E-state index is -0.702. The van der Waals surface area contributed by atoms with Crippen LogP contribution in [0.25, 0.3) is 10.2 Å². The van der Waals surface area contributed by atoms with E-state index in [4.69, 9.17) is 10.1 Å². The van der Waals surface area contributed by atoms with E-state index in [0.717, 1.165) is 28.9 Å². The number of carbonyl (C=O) groups is 1. The van der Waals surface area contributed by atoms with Crippen LogP contribution < -0.4 is 0 Å². The molecular weight excluding hydrogens is 282 g/mol. The van der Waals surface area contributed by atoms with Crippen molar-refractivity contribution in [3.63, 3.8) is 0 Å². The van der Waals surface area contributed by atoms with Gasteiger partial charge in [-0.1, -0.05) is 26.8 Å². The number of nitrogens with zero attached hydrogens (tertiary/aromatic N) is 1. The number of carboxylic acid groups (broad SMARTS) is 1. The van der Waals surface area contributed by atoms with Crippen LogP contribution in [0.2, 0.25) is 0 Å². The van der Waals surface area contributed by atoms with Gasteiger partial charge in [-0.25, -0.2) is 4.98 Å². The lowest BCUT2D eigenvalue weighted by Crippen LogP contribution is -2.09. The Labute approximate surface area is 129 Å². The molecule has 3 rings (SSSR count). The predicted molar refractivity (Wildman–Crippen MR) is 86.0 cm³/mol. The van der Waals surface area contributed by atoms with Gasteiger partial charge in [-0.05, 0) is 42.4 Å². The summed E-state index contributed by atoms with van der Waals surface area (Å²) in [5, 5.41) is 10.3. The highest BCUT2D eigenvalue weighted by Gasteiger charge is 2.34. The lowest BCUT2D eigenvalue weighted by atomic mass is 9.91. The summed E-state index contributed by atoms with van der Waals surface area (Å²) < 4.78 is 1.17. The molecule has 0 spiro atoms. The first-order valence-electron chi connectivity index (χ1n) is 7.47. The minimum Gasteiger partial charge on any atom is -0.481 e. The van der Waals surface area contributed by atoms with Crippen molar-refractivity contribution in [3.05, 3.63) is 28.8 Å². The molecule has 1 aromatic carbocycles. The number of hydrogen-bond acceptors (Lipinski definition) is 3. The van der Waals surface area contributed by atoms with Crippen LogP contribution >= 0.6 is 11.3 Å². The number of rotatable bonds is 4. The standard InChI is InChI=1S/C17H21NO2S/c1-17(2,3)16-18-13-7-6-11(8-14(13)21-16)12(9-15(19)20)10-4-5-10/h6-8,10,12H,4-5,9H2,1-3H3,(H,19,20). The molecule has 0 saturated heterocycles. The molecular formula is C17H21NO2S. The fourth-order valence-corrected chi connectivity index (χ4v) is 3.81. The fourth-order valence-electron chi connectivity index (χ4n) is 2.74. The second kappa shape index (κ2) is 5.09. The van der Waals surface area contributed by atoms with Crippen molar-refractivity contribution in [1.82, 2.24) is 4.98 Å². The van der Waals surface area contributed by atoms with Crippen molar-refractivity contribution in [2.45, 2.75) is 51.4 Å². The first kappa shape index (κ1) is 14.5. The summed E-state index contributed by atoms with van der Waals surface area (Å²) in [5.74, 6) is 0.00678. The molecule has 1 aromatic heterocycles. The van der Waals surface area contributed by atoms with Gasteiger partial charge < -0.3 is 5.11 Å². The van der Waals surface area contributed by atoms with Gasteiger partial charge in [0.15, 0.2) is 0 Å². The zero-order valence-electron chi connectivity index (χ0n) is 12.7. The smallest absolute Gasteiger partial charge is 0.303 e. The van der Waals surface area contributed by atoms with Crippen LogP contribution in [0.3, 0.4) is 0 Å². The van der Waals surface area contributed by atoms with E-state index in [1.54, 1.807) is 11.3 Å². The number of hydrogen-bond donors (Lipinski definition) is 1. The van der Waals surface area contributed by atoms with Gasteiger partial charge >= 0.3 is 5.97 Å². The largest absolute Gasteiger partial charge is 0.481 e. The first-order valence-corrected chi connectivity index (χ1v) is 8.29. The third-order valence-electron chi connectivity index (χ3n) is 4.07. The zero-order chi connectivity index (χ0) is 15.2. The number of aromatic nitrogens is 1. The van der Waals surface area contributed by atoms with E-state index in [1.165, 1.54) is 4.70 Å². The molecule has 1 heterocycles. The average Bonchev–Trinajstić information content (AvgIpc) is 3.12. The Bertz CT molecular complexity index is 680. The van der Waals surface area contributed by atoms with E-state index in [1.807, 2.05) is 6.07 Å². The number of fused-ring (bicyclic) bond motifs is 1. The fraction of sp³-hybridized carbons (Fsp3) is 0.529. The Morgan fingerprint density at radius 2 is 2.14 bits per heavy atom. The van der Waals surface area contributed by atoms with Crippen LogP contribution in [0.5, 0.6) is 0 Å². The van der Waals surface area contributed by atoms with Crippen molar-refractivity contribution < 1.29 is 9.90 Å². The van der Waals surface area contributed by atoms with Crippen LogP contribution in [0.1, 0.15) is 56.5 Å². The molecule has 1 fully saturated rings. The third kappa shape index (κ3) is 3.10. The zero-order valence-corrected chi connectivity index (χ0v) is 13.5. The molecule has 0 bridgehead atoms. The molecule has 0 aliphatic heterocycles. The van der Waals surface area contributed by atoms with Gasteiger partial charge in [-0.2, -0.15) is 0 Å². The van der Waals surface area contributed by atoms with Crippen LogP contribution in [-0.2, 0) is 10.2 Å². The normalized spacial score (nSPS) is 17.1. The topological polar surface area (TPSA) is 50.2 Å². The van der Waals surface area contributed by atoms with Crippen molar-refractivity contribution >= 4 is 27.5 Å². The van der Waals surface area contributed by atoms with Crippen molar-refractivity contribution in [3.8, 4) is 0 Å². The molecule has 1 aliphatic rings. The van der Waals surface area contributed by atoms with E-state index < -0.39 is 5.97 Å². The van der Waals surface area contributed by atoms with E-state index in [0.29, 0.717) is 5.92 Å². The van der Waals surface area contributed by atoms with Crippen LogP contribution in [0.15, 0.2) is 18.2 Å². The summed E-state index contributed by atoms with van der Waals surface area (Å²) in [6.45, 7) is 6.51. The van der Waals surface area contributed by atoms with E-state index in [-0.39, 0.29) is 17.8 Å². The summed E-state index contributed by atoms with van der Waals surface area (Å²) in [7, 11) is 0.